The molecule has 1 aliphatic rings. The van der Waals surface area contributed by atoms with Gasteiger partial charge in [-0.05, 0) is 38.2 Å². The molecule has 2 rings (SSSR count). The number of nitrogens with two attached hydrogens (primary N) is 1. The van der Waals surface area contributed by atoms with Gasteiger partial charge in [0.2, 0.25) is 0 Å². The molecule has 3 atom stereocenters. The lowest BCUT2D eigenvalue weighted by Gasteiger charge is -2.40. The lowest BCUT2D eigenvalue weighted by Crippen LogP contribution is -2.49. The van der Waals surface area contributed by atoms with Gasteiger partial charge in [-0.1, -0.05) is 50.6 Å². The van der Waals surface area contributed by atoms with Gasteiger partial charge >= 0.3 is 5.97 Å². The van der Waals surface area contributed by atoms with Crippen LogP contribution in [0.4, 0.5) is 0 Å². The second-order valence-corrected chi connectivity index (χ2v) is 7.06. The van der Waals surface area contributed by atoms with Crippen molar-refractivity contribution in [3.05, 3.63) is 35.9 Å². The lowest BCUT2D eigenvalue weighted by molar-refractivity contribution is -0.154. The van der Waals surface area contributed by atoms with E-state index in [1.807, 2.05) is 37.3 Å². The normalized spacial score (nSPS) is 25.6. The van der Waals surface area contributed by atoms with Gasteiger partial charge in [-0.25, -0.2) is 0 Å². The van der Waals surface area contributed by atoms with Crippen LogP contribution in [0.1, 0.15) is 58.4 Å². The number of aliphatic carboxylic acids is 1. The molecule has 1 aromatic carbocycles. The molecule has 1 aromatic rings. The summed E-state index contributed by atoms with van der Waals surface area (Å²) in [7, 11) is 0. The zero-order chi connectivity index (χ0) is 17.8. The molecule has 0 bridgehead atoms. The summed E-state index contributed by atoms with van der Waals surface area (Å²) in [6.45, 7) is 6.65. The van der Waals surface area contributed by atoms with Crippen LogP contribution in [0, 0.1) is 5.92 Å². The van der Waals surface area contributed by atoms with Gasteiger partial charge in [-0.2, -0.15) is 0 Å². The molecular weight excluding hydrogens is 302 g/mol. The number of hydrogen-bond donors (Lipinski definition) is 2. The Morgan fingerprint density at radius 2 is 2.00 bits per heavy atom. The monoisotopic (exact) mass is 333 g/mol. The molecule has 0 radical (unpaired) electrons. The van der Waals surface area contributed by atoms with Crippen LogP contribution in [0.2, 0.25) is 0 Å². The Hall–Kier alpha value is -1.39. The van der Waals surface area contributed by atoms with E-state index in [0.717, 1.165) is 31.2 Å². The molecule has 0 aromatic heterocycles. The summed E-state index contributed by atoms with van der Waals surface area (Å²) >= 11 is 0. The van der Waals surface area contributed by atoms with E-state index < -0.39 is 11.4 Å². The molecule has 4 nitrogen and oxygen atoms in total. The van der Waals surface area contributed by atoms with E-state index in [1.54, 1.807) is 0 Å². The minimum absolute atomic E-state index is 0.0403. The third kappa shape index (κ3) is 3.22. The quantitative estimate of drug-likeness (QED) is 0.760. The van der Waals surface area contributed by atoms with Crippen LogP contribution in [0.15, 0.2) is 30.3 Å². The fourth-order valence-corrected chi connectivity index (χ4v) is 4.38. The zero-order valence-corrected chi connectivity index (χ0v) is 15.1. The van der Waals surface area contributed by atoms with Gasteiger partial charge < -0.3 is 15.6 Å². The molecule has 1 fully saturated rings. The minimum Gasteiger partial charge on any atom is -0.481 e. The maximum atomic E-state index is 12.3. The standard InChI is InChI=1S/C20H31NO3/c1-4-19(5-2,14-21)24-15(3)17-12-9-13-20(17,18(22)23)16-10-7-6-8-11-16/h6-8,10-11,15,17H,4-5,9,12-14,21H2,1-3H3,(H,22,23). The van der Waals surface area contributed by atoms with Crippen molar-refractivity contribution < 1.29 is 14.6 Å². The maximum absolute atomic E-state index is 12.3. The van der Waals surface area contributed by atoms with Gasteiger partial charge in [0.05, 0.1) is 17.1 Å². The van der Waals surface area contributed by atoms with E-state index >= 15 is 0 Å². The van der Waals surface area contributed by atoms with E-state index in [1.165, 1.54) is 0 Å². The molecule has 4 heteroatoms. The van der Waals surface area contributed by atoms with Gasteiger partial charge in [0.15, 0.2) is 0 Å². The van der Waals surface area contributed by atoms with Crippen molar-refractivity contribution in [2.24, 2.45) is 11.7 Å². The number of carboxylic acid groups (broad SMARTS) is 1. The molecule has 3 N–H and O–H groups in total. The van der Waals surface area contributed by atoms with Crippen LogP contribution in [0.25, 0.3) is 0 Å². The number of ether oxygens (including phenoxy) is 1. The van der Waals surface area contributed by atoms with Crippen molar-refractivity contribution in [3.8, 4) is 0 Å². The van der Waals surface area contributed by atoms with E-state index in [4.69, 9.17) is 10.5 Å². The van der Waals surface area contributed by atoms with Gasteiger partial charge in [0, 0.05) is 12.5 Å². The summed E-state index contributed by atoms with van der Waals surface area (Å²) in [5, 5.41) is 10.1. The Morgan fingerprint density at radius 1 is 1.38 bits per heavy atom. The van der Waals surface area contributed by atoms with Gasteiger partial charge in [0.1, 0.15) is 0 Å². The molecule has 0 spiro atoms. The van der Waals surface area contributed by atoms with Crippen molar-refractivity contribution in [1.29, 1.82) is 0 Å². The largest absolute Gasteiger partial charge is 0.481 e. The second-order valence-electron chi connectivity index (χ2n) is 7.06. The number of hydrogen-bond acceptors (Lipinski definition) is 3. The van der Waals surface area contributed by atoms with Crippen LogP contribution < -0.4 is 5.73 Å². The van der Waals surface area contributed by atoms with Crippen LogP contribution >= 0.6 is 0 Å². The van der Waals surface area contributed by atoms with Crippen LogP contribution in [0.5, 0.6) is 0 Å². The smallest absolute Gasteiger partial charge is 0.314 e. The molecular formula is C20H31NO3. The van der Waals surface area contributed by atoms with Crippen LogP contribution in [0.3, 0.4) is 0 Å². The van der Waals surface area contributed by atoms with Crippen molar-refractivity contribution in [1.82, 2.24) is 0 Å². The highest BCUT2D eigenvalue weighted by atomic mass is 16.5. The first-order valence-electron chi connectivity index (χ1n) is 9.12. The number of benzene rings is 1. The van der Waals surface area contributed by atoms with E-state index in [-0.39, 0.29) is 17.6 Å². The van der Waals surface area contributed by atoms with Crippen molar-refractivity contribution in [3.63, 3.8) is 0 Å². The Bertz CT molecular complexity index is 533. The summed E-state index contributed by atoms with van der Waals surface area (Å²) in [5.41, 5.74) is 5.65. The Morgan fingerprint density at radius 3 is 2.50 bits per heavy atom. The molecule has 3 unspecified atom stereocenters. The average molecular weight is 333 g/mol. The topological polar surface area (TPSA) is 72.5 Å². The zero-order valence-electron chi connectivity index (χ0n) is 15.1. The average Bonchev–Trinajstić information content (AvgIpc) is 3.07. The van der Waals surface area contributed by atoms with Crippen LogP contribution in [-0.2, 0) is 14.9 Å². The van der Waals surface area contributed by atoms with Gasteiger partial charge in [-0.3, -0.25) is 4.79 Å². The Balaban J connectivity index is 2.35. The highest BCUT2D eigenvalue weighted by molar-refractivity contribution is 5.82. The first kappa shape index (κ1) is 18.9. The van der Waals surface area contributed by atoms with E-state index in [2.05, 4.69) is 13.8 Å². The number of carboxylic acids is 1. The van der Waals surface area contributed by atoms with E-state index in [9.17, 15) is 9.90 Å². The minimum atomic E-state index is -0.859. The summed E-state index contributed by atoms with van der Waals surface area (Å²) in [6, 6.07) is 9.65. The highest BCUT2D eigenvalue weighted by Crippen LogP contribution is 2.49. The fourth-order valence-electron chi connectivity index (χ4n) is 4.38. The predicted octanol–water partition coefficient (Wildman–Crippen LogP) is 3.73. The first-order valence-corrected chi connectivity index (χ1v) is 9.12. The molecule has 0 aliphatic heterocycles. The van der Waals surface area contributed by atoms with Crippen molar-refractivity contribution in [2.75, 3.05) is 6.54 Å². The summed E-state index contributed by atoms with van der Waals surface area (Å²) < 4.78 is 6.41. The van der Waals surface area contributed by atoms with Gasteiger partial charge in [-0.15, -0.1) is 0 Å². The first-order chi connectivity index (χ1) is 11.5. The maximum Gasteiger partial charge on any atom is 0.314 e. The Labute approximate surface area is 145 Å². The fraction of sp³-hybridized carbons (Fsp3) is 0.650. The molecule has 0 amide bonds. The van der Waals surface area contributed by atoms with Gasteiger partial charge in [0.25, 0.3) is 0 Å². The summed E-state index contributed by atoms with van der Waals surface area (Å²) in [5.74, 6) is -0.778. The van der Waals surface area contributed by atoms with Crippen LogP contribution in [-0.4, -0.2) is 29.3 Å². The molecule has 0 heterocycles. The second kappa shape index (κ2) is 7.66. The number of rotatable bonds is 8. The third-order valence-electron chi connectivity index (χ3n) is 6.05. The molecule has 24 heavy (non-hydrogen) atoms. The number of carbonyl (C=O) groups is 1. The summed E-state index contributed by atoms with van der Waals surface area (Å²) in [6.07, 6.45) is 3.97. The molecule has 1 aliphatic carbocycles. The molecule has 0 saturated heterocycles. The molecule has 134 valence electrons. The highest BCUT2D eigenvalue weighted by Gasteiger charge is 2.53. The van der Waals surface area contributed by atoms with Crippen molar-refractivity contribution >= 4 is 5.97 Å². The third-order valence-corrected chi connectivity index (χ3v) is 6.05. The molecule has 1 saturated carbocycles. The summed E-state index contributed by atoms with van der Waals surface area (Å²) in [4.78, 5) is 12.3. The lowest BCUT2D eigenvalue weighted by atomic mass is 9.70. The Kier molecular flexibility index (Phi) is 6.05. The SMILES string of the molecule is CCC(CC)(CN)OC(C)C1CCCC1(C(=O)O)c1ccccc1. The predicted molar refractivity (Wildman–Crippen MR) is 96.0 cm³/mol. The van der Waals surface area contributed by atoms with Crippen molar-refractivity contribution in [2.45, 2.75) is 70.0 Å². The van der Waals surface area contributed by atoms with E-state index in [0.29, 0.717) is 13.0 Å².